The minimum atomic E-state index is -1.77. The Morgan fingerprint density at radius 3 is 1.18 bits per heavy atom. The summed E-state index contributed by atoms with van der Waals surface area (Å²) in [4.78, 5) is 50.1. The molecule has 0 saturated heterocycles. The first kappa shape index (κ1) is 21.3. The van der Waals surface area contributed by atoms with Gasteiger partial charge in [0.2, 0.25) is 0 Å². The Hall–Kier alpha value is -3.04. The largest absolute Gasteiger partial charge is 0.511 e. The molecule has 0 spiro atoms. The third kappa shape index (κ3) is 2.26. The number of ether oxygens (including phenoxy) is 4. The molecule has 0 aliphatic heterocycles. The number of fused-ring (bicyclic) bond motifs is 1. The van der Waals surface area contributed by atoms with Crippen LogP contribution in [0.2, 0.25) is 0 Å². The van der Waals surface area contributed by atoms with E-state index < -0.39 is 69.2 Å². The molecular formula is C18H22O10. The number of aliphatic hydroxyl groups is 2. The number of carbonyl (C=O) groups is 4. The van der Waals surface area contributed by atoms with Crippen LogP contribution in [-0.4, -0.2) is 62.5 Å². The van der Waals surface area contributed by atoms with Crippen LogP contribution in [-0.2, 0) is 38.1 Å². The van der Waals surface area contributed by atoms with Gasteiger partial charge in [-0.05, 0) is 0 Å². The Morgan fingerprint density at radius 1 is 0.679 bits per heavy atom. The third-order valence-corrected chi connectivity index (χ3v) is 5.98. The summed E-state index contributed by atoms with van der Waals surface area (Å²) in [5.74, 6) is -8.63. The van der Waals surface area contributed by atoms with E-state index in [0.717, 1.165) is 28.4 Å². The zero-order valence-electron chi connectivity index (χ0n) is 16.3. The molecule has 2 aliphatic rings. The number of aliphatic hydroxyl groups excluding tert-OH is 2. The van der Waals surface area contributed by atoms with Crippen LogP contribution >= 0.6 is 0 Å². The average Bonchev–Trinajstić information content (AvgIpc) is 2.94. The normalized spacial score (nSPS) is 31.4. The van der Waals surface area contributed by atoms with Crippen molar-refractivity contribution in [3.8, 4) is 0 Å². The van der Waals surface area contributed by atoms with Crippen molar-refractivity contribution in [3.63, 3.8) is 0 Å². The van der Waals surface area contributed by atoms with Crippen molar-refractivity contribution in [1.82, 2.24) is 0 Å². The lowest BCUT2D eigenvalue weighted by molar-refractivity contribution is -0.157. The van der Waals surface area contributed by atoms with Crippen molar-refractivity contribution in [2.75, 3.05) is 28.4 Å². The first-order valence-corrected chi connectivity index (χ1v) is 8.20. The minimum Gasteiger partial charge on any atom is -0.511 e. The molecule has 2 N–H and O–H groups in total. The fourth-order valence-corrected chi connectivity index (χ4v) is 4.54. The van der Waals surface area contributed by atoms with Crippen LogP contribution < -0.4 is 0 Å². The van der Waals surface area contributed by atoms with Gasteiger partial charge in [0, 0.05) is 10.8 Å². The monoisotopic (exact) mass is 398 g/mol. The topological polar surface area (TPSA) is 146 Å². The van der Waals surface area contributed by atoms with Crippen LogP contribution in [0.3, 0.4) is 0 Å². The maximum Gasteiger partial charge on any atom is 0.337 e. The second-order valence-corrected chi connectivity index (χ2v) is 6.82. The van der Waals surface area contributed by atoms with E-state index in [1.807, 2.05) is 0 Å². The lowest BCUT2D eigenvalue weighted by atomic mass is 9.58. The van der Waals surface area contributed by atoms with E-state index in [0.29, 0.717) is 0 Å². The molecule has 0 aromatic rings. The number of hydrogen-bond donors (Lipinski definition) is 2. The molecule has 0 aromatic heterocycles. The molecule has 154 valence electrons. The molecule has 0 aromatic carbocycles. The Balaban J connectivity index is 2.98. The van der Waals surface area contributed by atoms with Crippen molar-refractivity contribution in [2.45, 2.75) is 13.8 Å². The van der Waals surface area contributed by atoms with E-state index in [2.05, 4.69) is 0 Å². The predicted molar refractivity (Wildman–Crippen MR) is 90.6 cm³/mol. The highest BCUT2D eigenvalue weighted by molar-refractivity contribution is 6.02. The summed E-state index contributed by atoms with van der Waals surface area (Å²) < 4.78 is 18.9. The standard InChI is InChI=1S/C18H22O10/c1-17-7(13(21)25-3)11(19)9(15(23)27-5)18(17,2)10(16(24)28-6)12(20)8(17)14(22)26-4/h7,10,19-20H,1-6H3/t7-,10-,17-,18-/m1/s1. The van der Waals surface area contributed by atoms with Crippen LogP contribution in [0.25, 0.3) is 0 Å². The molecule has 10 heteroatoms. The Bertz CT molecular complexity index is 754. The number of rotatable bonds is 4. The second kappa shape index (κ2) is 6.84. The van der Waals surface area contributed by atoms with E-state index in [-0.39, 0.29) is 0 Å². The maximum absolute atomic E-state index is 12.5. The molecule has 0 fully saturated rings. The highest BCUT2D eigenvalue weighted by Crippen LogP contribution is 2.71. The van der Waals surface area contributed by atoms with Gasteiger partial charge in [-0.2, -0.15) is 0 Å². The van der Waals surface area contributed by atoms with Gasteiger partial charge in [-0.3, -0.25) is 9.59 Å². The summed E-state index contributed by atoms with van der Waals surface area (Å²) in [6.07, 6.45) is 0. The number of methoxy groups -OCH3 is 4. The molecule has 0 amide bonds. The molecule has 0 radical (unpaired) electrons. The Kier molecular flexibility index (Phi) is 5.20. The van der Waals surface area contributed by atoms with Gasteiger partial charge >= 0.3 is 23.9 Å². The van der Waals surface area contributed by atoms with E-state index in [4.69, 9.17) is 18.9 Å². The van der Waals surface area contributed by atoms with E-state index >= 15 is 0 Å². The zero-order valence-corrected chi connectivity index (χ0v) is 16.3. The Morgan fingerprint density at radius 2 is 0.964 bits per heavy atom. The first-order chi connectivity index (χ1) is 13.0. The molecular weight excluding hydrogens is 376 g/mol. The lowest BCUT2D eigenvalue weighted by Crippen LogP contribution is -2.48. The predicted octanol–water partition coefficient (Wildman–Crippen LogP) is 0.575. The maximum atomic E-state index is 12.5. The number of hydrogen-bond acceptors (Lipinski definition) is 10. The summed E-state index contributed by atoms with van der Waals surface area (Å²) in [5, 5.41) is 21.6. The first-order valence-electron chi connectivity index (χ1n) is 8.20. The molecule has 0 saturated carbocycles. The number of carbonyl (C=O) groups excluding carboxylic acids is 4. The Labute approximate surface area is 160 Å². The van der Waals surface area contributed by atoms with Gasteiger partial charge in [-0.1, -0.05) is 13.8 Å². The van der Waals surface area contributed by atoms with Crippen molar-refractivity contribution in [1.29, 1.82) is 0 Å². The second-order valence-electron chi connectivity index (χ2n) is 6.82. The van der Waals surface area contributed by atoms with Crippen LogP contribution in [0.15, 0.2) is 22.7 Å². The van der Waals surface area contributed by atoms with Crippen LogP contribution in [0.1, 0.15) is 13.8 Å². The third-order valence-electron chi connectivity index (χ3n) is 5.98. The summed E-state index contributed by atoms with van der Waals surface area (Å²) in [7, 11) is 4.21. The molecule has 2 rings (SSSR count). The lowest BCUT2D eigenvalue weighted by Gasteiger charge is -2.41. The van der Waals surface area contributed by atoms with Crippen LogP contribution in [0.4, 0.5) is 0 Å². The van der Waals surface area contributed by atoms with Gasteiger partial charge in [0.15, 0.2) is 0 Å². The van der Waals surface area contributed by atoms with Gasteiger partial charge in [0.25, 0.3) is 0 Å². The van der Waals surface area contributed by atoms with Gasteiger partial charge in [0.1, 0.15) is 23.4 Å². The molecule has 0 heterocycles. The minimum absolute atomic E-state index is 0.436. The average molecular weight is 398 g/mol. The zero-order chi connectivity index (χ0) is 21.6. The van der Waals surface area contributed by atoms with Gasteiger partial charge < -0.3 is 29.2 Å². The molecule has 10 nitrogen and oxygen atoms in total. The smallest absolute Gasteiger partial charge is 0.337 e. The quantitative estimate of drug-likeness (QED) is 0.509. The summed E-state index contributed by atoms with van der Waals surface area (Å²) in [6, 6.07) is 0. The van der Waals surface area contributed by atoms with Crippen molar-refractivity contribution >= 4 is 23.9 Å². The van der Waals surface area contributed by atoms with Gasteiger partial charge in [-0.25, -0.2) is 9.59 Å². The number of esters is 4. The summed E-state index contributed by atoms with van der Waals surface area (Å²) >= 11 is 0. The molecule has 28 heavy (non-hydrogen) atoms. The van der Waals surface area contributed by atoms with Crippen molar-refractivity contribution in [2.24, 2.45) is 22.7 Å². The van der Waals surface area contributed by atoms with Gasteiger partial charge in [0.05, 0.1) is 39.6 Å². The highest BCUT2D eigenvalue weighted by atomic mass is 16.5. The van der Waals surface area contributed by atoms with E-state index in [1.54, 1.807) is 0 Å². The van der Waals surface area contributed by atoms with Crippen LogP contribution in [0, 0.1) is 22.7 Å². The molecule has 2 aliphatic carbocycles. The van der Waals surface area contributed by atoms with E-state index in [9.17, 15) is 29.4 Å². The van der Waals surface area contributed by atoms with Crippen molar-refractivity contribution < 1.29 is 48.3 Å². The van der Waals surface area contributed by atoms with Crippen molar-refractivity contribution in [3.05, 3.63) is 22.7 Å². The molecule has 4 atom stereocenters. The van der Waals surface area contributed by atoms with Crippen LogP contribution in [0.5, 0.6) is 0 Å². The fraction of sp³-hybridized carbons (Fsp3) is 0.556. The van der Waals surface area contributed by atoms with Gasteiger partial charge in [-0.15, -0.1) is 0 Å². The fourth-order valence-electron chi connectivity index (χ4n) is 4.54. The molecule has 0 bridgehead atoms. The van der Waals surface area contributed by atoms with E-state index in [1.165, 1.54) is 13.8 Å². The summed E-state index contributed by atoms with van der Waals surface area (Å²) in [6.45, 7) is 2.71. The summed E-state index contributed by atoms with van der Waals surface area (Å²) in [5.41, 5.74) is -4.42. The highest BCUT2D eigenvalue weighted by Gasteiger charge is 2.76. The SMILES string of the molecule is COC(=O)C1=C(O)[C@H](C(=O)OC)[C@@]2(C)C(C(=O)OC)=C(O)[C@H](C(=O)OC)[C@]12C. The molecule has 0 unspecified atom stereocenters.